The molecule has 0 saturated carbocycles. The number of para-hydroxylation sites is 2. The van der Waals surface area contributed by atoms with E-state index in [1.54, 1.807) is 13.0 Å². The van der Waals surface area contributed by atoms with Crippen molar-refractivity contribution < 1.29 is 18.4 Å². The van der Waals surface area contributed by atoms with Gasteiger partial charge in [-0.2, -0.15) is 0 Å². The molecule has 0 radical (unpaired) electrons. The first-order chi connectivity index (χ1) is 17.9. The summed E-state index contributed by atoms with van der Waals surface area (Å²) in [6.45, 7) is 4.67. The Morgan fingerprint density at radius 3 is 2.68 bits per heavy atom. The van der Waals surface area contributed by atoms with Gasteiger partial charge in [0, 0.05) is 31.4 Å². The molecule has 8 nitrogen and oxygen atoms in total. The fraction of sp³-hybridized carbons (Fsp3) is 0.370. The molecule has 1 saturated heterocycles. The van der Waals surface area contributed by atoms with Crippen LogP contribution in [-0.2, 0) is 4.79 Å². The average Bonchev–Trinajstić information content (AvgIpc) is 3.33. The highest BCUT2D eigenvalue weighted by Crippen LogP contribution is 2.30. The summed E-state index contributed by atoms with van der Waals surface area (Å²) in [4.78, 5) is 31.7. The van der Waals surface area contributed by atoms with Gasteiger partial charge in [0.2, 0.25) is 6.41 Å². The van der Waals surface area contributed by atoms with Crippen LogP contribution in [0.1, 0.15) is 43.8 Å². The molecule has 1 atom stereocenters. The Morgan fingerprint density at radius 1 is 1.14 bits per heavy atom. The number of allylic oxidation sites excluding steroid dienone is 1. The second-order valence-corrected chi connectivity index (χ2v) is 9.58. The molecular formula is C27H30F2N6O2. The lowest BCUT2D eigenvalue weighted by molar-refractivity contribution is -0.132. The summed E-state index contributed by atoms with van der Waals surface area (Å²) < 4.78 is 29.7. The van der Waals surface area contributed by atoms with Gasteiger partial charge in [-0.25, -0.2) is 23.6 Å². The number of hydrogen-bond acceptors (Lipinski definition) is 4. The quantitative estimate of drug-likeness (QED) is 0.458. The fourth-order valence-corrected chi connectivity index (χ4v) is 5.27. The first-order valence-electron chi connectivity index (χ1n) is 12.5. The summed E-state index contributed by atoms with van der Waals surface area (Å²) in [7, 11) is 0. The van der Waals surface area contributed by atoms with Gasteiger partial charge in [0.15, 0.2) is 11.6 Å². The molecule has 1 unspecified atom stereocenters. The second-order valence-electron chi connectivity index (χ2n) is 9.58. The summed E-state index contributed by atoms with van der Waals surface area (Å²) in [6.07, 6.45) is 6.93. The van der Waals surface area contributed by atoms with E-state index in [1.165, 1.54) is 16.1 Å². The molecule has 0 spiro atoms. The number of halogens is 2. The van der Waals surface area contributed by atoms with Crippen LogP contribution in [0.4, 0.5) is 13.6 Å². The van der Waals surface area contributed by atoms with Crippen LogP contribution in [0.25, 0.3) is 11.0 Å². The van der Waals surface area contributed by atoms with Crippen LogP contribution in [0.2, 0.25) is 0 Å². The van der Waals surface area contributed by atoms with Crippen molar-refractivity contribution >= 4 is 23.5 Å². The van der Waals surface area contributed by atoms with E-state index < -0.39 is 23.7 Å². The van der Waals surface area contributed by atoms with Gasteiger partial charge in [-0.1, -0.05) is 18.2 Å². The number of rotatable bonds is 8. The standard InChI is InChI=1S/C27H30F2N6O2/c1-19-15-26(20-7-8-22(28)23(29)16-20)35(27(37)31-19)33(18-36)12-4-11-32-13-9-21(10-14-32)34-17-30-24-5-2-3-6-25(24)34/h2-3,5-8,15-18,21,26H,4,9-14H2,1H3,(H,31,37). The molecule has 2 aliphatic rings. The highest BCUT2D eigenvalue weighted by Gasteiger charge is 2.33. The average molecular weight is 509 g/mol. The smallest absolute Gasteiger partial charge is 0.327 e. The number of aromatic nitrogens is 2. The summed E-state index contributed by atoms with van der Waals surface area (Å²) in [5, 5.41) is 5.28. The molecule has 3 heterocycles. The van der Waals surface area contributed by atoms with Crippen molar-refractivity contribution in [2.24, 2.45) is 0 Å². The minimum Gasteiger partial charge on any atom is -0.327 e. The van der Waals surface area contributed by atoms with E-state index in [9.17, 15) is 18.4 Å². The Balaban J connectivity index is 1.19. The van der Waals surface area contributed by atoms with Crippen LogP contribution in [0, 0.1) is 11.6 Å². The van der Waals surface area contributed by atoms with Gasteiger partial charge in [0.05, 0.1) is 17.4 Å². The van der Waals surface area contributed by atoms with Crippen molar-refractivity contribution in [3.05, 3.63) is 77.8 Å². The monoisotopic (exact) mass is 508 g/mol. The maximum absolute atomic E-state index is 13.9. The first-order valence-corrected chi connectivity index (χ1v) is 12.5. The molecule has 10 heteroatoms. The lowest BCUT2D eigenvalue weighted by atomic mass is 10.0. The number of hydrogen-bond donors (Lipinski definition) is 1. The molecule has 2 aliphatic heterocycles. The van der Waals surface area contributed by atoms with Gasteiger partial charge in [-0.15, -0.1) is 0 Å². The number of carbonyl (C=O) groups is 2. The largest absolute Gasteiger partial charge is 0.341 e. The summed E-state index contributed by atoms with van der Waals surface area (Å²) in [5.41, 5.74) is 3.12. The van der Waals surface area contributed by atoms with E-state index >= 15 is 0 Å². The molecule has 2 aromatic carbocycles. The van der Waals surface area contributed by atoms with Gasteiger partial charge in [-0.05, 0) is 68.6 Å². The first kappa shape index (κ1) is 24.9. The van der Waals surface area contributed by atoms with Crippen molar-refractivity contribution in [3.63, 3.8) is 0 Å². The summed E-state index contributed by atoms with van der Waals surface area (Å²) in [5.74, 6) is -1.97. The maximum atomic E-state index is 13.9. The number of benzene rings is 2. The number of nitrogens with one attached hydrogen (secondary N) is 1. The van der Waals surface area contributed by atoms with Crippen molar-refractivity contribution in [2.75, 3.05) is 26.2 Å². The minimum absolute atomic E-state index is 0.316. The number of amides is 3. The predicted octanol–water partition coefficient (Wildman–Crippen LogP) is 4.39. The molecule has 5 rings (SSSR count). The number of imidazole rings is 1. The van der Waals surface area contributed by atoms with Gasteiger partial charge in [0.1, 0.15) is 6.04 Å². The van der Waals surface area contributed by atoms with Crippen LogP contribution < -0.4 is 5.32 Å². The van der Waals surface area contributed by atoms with Crippen molar-refractivity contribution in [2.45, 2.75) is 38.3 Å². The molecular weight excluding hydrogens is 478 g/mol. The highest BCUT2D eigenvalue weighted by molar-refractivity contribution is 5.79. The van der Waals surface area contributed by atoms with Crippen molar-refractivity contribution in [1.82, 2.24) is 29.8 Å². The molecule has 1 aromatic heterocycles. The Bertz CT molecular complexity index is 1320. The topological polar surface area (TPSA) is 73.7 Å². The number of likely N-dealkylation sites (tertiary alicyclic amines) is 1. The lowest BCUT2D eigenvalue weighted by Crippen LogP contribution is -2.54. The van der Waals surface area contributed by atoms with Crippen LogP contribution in [-0.4, -0.2) is 63.1 Å². The number of nitrogens with zero attached hydrogens (tertiary/aromatic N) is 5. The predicted molar refractivity (Wildman–Crippen MR) is 135 cm³/mol. The van der Waals surface area contributed by atoms with Crippen molar-refractivity contribution in [3.8, 4) is 0 Å². The van der Waals surface area contributed by atoms with E-state index in [2.05, 4.69) is 25.8 Å². The molecule has 3 aromatic rings. The molecule has 3 amide bonds. The number of urea groups is 1. The zero-order valence-electron chi connectivity index (χ0n) is 20.7. The van der Waals surface area contributed by atoms with E-state index in [0.29, 0.717) is 36.7 Å². The van der Waals surface area contributed by atoms with Gasteiger partial charge >= 0.3 is 6.03 Å². The molecule has 1 fully saturated rings. The Kier molecular flexibility index (Phi) is 7.18. The van der Waals surface area contributed by atoms with Gasteiger partial charge < -0.3 is 14.8 Å². The van der Waals surface area contributed by atoms with Crippen LogP contribution in [0.3, 0.4) is 0 Å². The zero-order chi connectivity index (χ0) is 25.9. The van der Waals surface area contributed by atoms with Crippen LogP contribution in [0.5, 0.6) is 0 Å². The summed E-state index contributed by atoms with van der Waals surface area (Å²) in [6, 6.07) is 10.9. The molecule has 37 heavy (non-hydrogen) atoms. The third-order valence-electron chi connectivity index (χ3n) is 7.16. The Labute approximate surface area is 214 Å². The maximum Gasteiger partial charge on any atom is 0.341 e. The summed E-state index contributed by atoms with van der Waals surface area (Å²) >= 11 is 0. The van der Waals surface area contributed by atoms with E-state index in [1.807, 2.05) is 24.5 Å². The number of fused-ring (bicyclic) bond motifs is 1. The normalized spacial score (nSPS) is 19.1. The molecule has 1 N–H and O–H groups in total. The Morgan fingerprint density at radius 2 is 1.92 bits per heavy atom. The lowest BCUT2D eigenvalue weighted by Gasteiger charge is -2.40. The number of hydrazine groups is 1. The van der Waals surface area contributed by atoms with Crippen LogP contribution in [0.15, 0.2) is 60.6 Å². The van der Waals surface area contributed by atoms with Crippen LogP contribution >= 0.6 is 0 Å². The highest BCUT2D eigenvalue weighted by atomic mass is 19.2. The van der Waals surface area contributed by atoms with Gasteiger partial charge in [-0.3, -0.25) is 9.80 Å². The number of piperidine rings is 1. The molecule has 194 valence electrons. The SMILES string of the molecule is CC1=CC(c2ccc(F)c(F)c2)N(N(C=O)CCCN2CCC(n3cnc4ccccc43)CC2)C(=O)N1. The van der Waals surface area contributed by atoms with E-state index in [-0.39, 0.29) is 0 Å². The third-order valence-corrected chi connectivity index (χ3v) is 7.16. The van der Waals surface area contributed by atoms with Crippen molar-refractivity contribution in [1.29, 1.82) is 0 Å². The second kappa shape index (κ2) is 10.7. The third kappa shape index (κ3) is 5.20. The zero-order valence-corrected chi connectivity index (χ0v) is 20.7. The number of carbonyl (C=O) groups excluding carboxylic acids is 2. The molecule has 0 aliphatic carbocycles. The minimum atomic E-state index is -1.00. The van der Waals surface area contributed by atoms with Gasteiger partial charge in [0.25, 0.3) is 0 Å². The van der Waals surface area contributed by atoms with E-state index in [4.69, 9.17) is 0 Å². The fourth-order valence-electron chi connectivity index (χ4n) is 5.27. The Hall–Kier alpha value is -3.79. The molecule has 0 bridgehead atoms. The van der Waals surface area contributed by atoms with E-state index in [0.717, 1.165) is 55.6 Å².